The predicted molar refractivity (Wildman–Crippen MR) is 101 cm³/mol. The summed E-state index contributed by atoms with van der Waals surface area (Å²) in [4.78, 5) is 12.2. The molecule has 1 N–H and O–H groups in total. The zero-order valence-electron chi connectivity index (χ0n) is 15.7. The third-order valence-electron chi connectivity index (χ3n) is 3.79. The molecule has 0 spiro atoms. The van der Waals surface area contributed by atoms with Gasteiger partial charge in [-0.2, -0.15) is 10.2 Å². The molecule has 1 aromatic carbocycles. The first-order valence-corrected chi connectivity index (χ1v) is 8.81. The molecule has 0 aliphatic heterocycles. The van der Waals surface area contributed by atoms with E-state index in [9.17, 15) is 4.79 Å². The second-order valence-corrected chi connectivity index (χ2v) is 5.90. The van der Waals surface area contributed by atoms with Gasteiger partial charge in [-0.05, 0) is 37.6 Å². The van der Waals surface area contributed by atoms with Crippen molar-refractivity contribution in [2.45, 2.75) is 20.4 Å². The summed E-state index contributed by atoms with van der Waals surface area (Å²) in [5.41, 5.74) is 1.99. The van der Waals surface area contributed by atoms with E-state index in [4.69, 9.17) is 9.47 Å². The van der Waals surface area contributed by atoms with Gasteiger partial charge in [0.05, 0.1) is 31.6 Å². The van der Waals surface area contributed by atoms with Crippen LogP contribution in [0.3, 0.4) is 0 Å². The predicted octanol–water partition coefficient (Wildman–Crippen LogP) is 2.71. The molecule has 0 bridgehead atoms. The summed E-state index contributed by atoms with van der Waals surface area (Å²) in [5, 5.41) is 11.2. The third kappa shape index (κ3) is 4.66. The van der Waals surface area contributed by atoms with Crippen LogP contribution in [0, 0.1) is 0 Å². The van der Waals surface area contributed by atoms with Crippen molar-refractivity contribution < 1.29 is 14.3 Å². The Morgan fingerprint density at radius 1 is 1.15 bits per heavy atom. The first-order valence-electron chi connectivity index (χ1n) is 8.81. The number of aryl methyl sites for hydroxylation is 1. The number of carbonyl (C=O) groups is 1. The Kier molecular flexibility index (Phi) is 5.75. The Labute approximate surface area is 157 Å². The number of amides is 1. The number of nitrogens with one attached hydrogen (secondary N) is 1. The quantitative estimate of drug-likeness (QED) is 0.660. The van der Waals surface area contributed by atoms with Crippen molar-refractivity contribution in [2.24, 2.45) is 7.05 Å². The zero-order chi connectivity index (χ0) is 19.2. The highest BCUT2D eigenvalue weighted by Gasteiger charge is 2.11. The van der Waals surface area contributed by atoms with E-state index in [2.05, 4.69) is 15.5 Å². The molecule has 0 unspecified atom stereocenters. The lowest BCUT2D eigenvalue weighted by Gasteiger charge is -2.12. The smallest absolute Gasteiger partial charge is 0.276 e. The first kappa shape index (κ1) is 18.5. The van der Waals surface area contributed by atoms with Crippen LogP contribution in [0.15, 0.2) is 42.9 Å². The van der Waals surface area contributed by atoms with E-state index >= 15 is 0 Å². The maximum Gasteiger partial charge on any atom is 0.276 e. The van der Waals surface area contributed by atoms with Gasteiger partial charge in [0.15, 0.2) is 17.2 Å². The van der Waals surface area contributed by atoms with Crippen molar-refractivity contribution in [1.82, 2.24) is 19.6 Å². The number of hydrogen-bond donors (Lipinski definition) is 1. The van der Waals surface area contributed by atoms with Crippen molar-refractivity contribution in [3.63, 3.8) is 0 Å². The number of carbonyl (C=O) groups excluding carboxylic acids is 1. The normalized spacial score (nSPS) is 10.6. The topological polar surface area (TPSA) is 83.2 Å². The van der Waals surface area contributed by atoms with E-state index in [1.165, 1.54) is 0 Å². The number of benzene rings is 1. The van der Waals surface area contributed by atoms with Gasteiger partial charge in [-0.1, -0.05) is 6.07 Å². The van der Waals surface area contributed by atoms with Crippen molar-refractivity contribution in [2.75, 3.05) is 18.5 Å². The Morgan fingerprint density at radius 2 is 1.93 bits per heavy atom. The summed E-state index contributed by atoms with van der Waals surface area (Å²) in [7, 11) is 1.77. The van der Waals surface area contributed by atoms with E-state index in [1.807, 2.05) is 32.0 Å². The van der Waals surface area contributed by atoms with Gasteiger partial charge in [-0.15, -0.1) is 0 Å². The molecule has 0 radical (unpaired) electrons. The molecule has 0 atom stereocenters. The highest BCUT2D eigenvalue weighted by atomic mass is 16.5. The summed E-state index contributed by atoms with van der Waals surface area (Å²) in [6.07, 6.45) is 5.11. The second kappa shape index (κ2) is 8.39. The Bertz CT molecular complexity index is 916. The average molecular weight is 369 g/mol. The molecule has 1 amide bonds. The molecule has 0 saturated carbocycles. The highest BCUT2D eigenvalue weighted by Crippen LogP contribution is 2.28. The van der Waals surface area contributed by atoms with Gasteiger partial charge in [-0.3, -0.25) is 14.2 Å². The van der Waals surface area contributed by atoms with Crippen LogP contribution in [-0.2, 0) is 13.6 Å². The van der Waals surface area contributed by atoms with Crippen LogP contribution in [0.1, 0.15) is 29.9 Å². The molecule has 3 aromatic rings. The number of ether oxygens (including phenoxy) is 2. The van der Waals surface area contributed by atoms with Gasteiger partial charge in [0.1, 0.15) is 0 Å². The minimum absolute atomic E-state index is 0.269. The summed E-state index contributed by atoms with van der Waals surface area (Å²) < 4.78 is 14.6. The van der Waals surface area contributed by atoms with E-state index in [0.29, 0.717) is 36.9 Å². The Hall–Kier alpha value is -3.29. The fraction of sp³-hybridized carbons (Fsp3) is 0.316. The van der Waals surface area contributed by atoms with Gasteiger partial charge in [-0.25, -0.2) is 0 Å². The molecule has 0 aliphatic rings. The minimum atomic E-state index is -0.269. The van der Waals surface area contributed by atoms with Crippen LogP contribution in [0.25, 0.3) is 0 Å². The zero-order valence-corrected chi connectivity index (χ0v) is 15.7. The van der Waals surface area contributed by atoms with Crippen molar-refractivity contribution in [3.8, 4) is 11.5 Å². The third-order valence-corrected chi connectivity index (χ3v) is 3.79. The molecule has 142 valence electrons. The maximum absolute atomic E-state index is 12.2. The maximum atomic E-state index is 12.2. The van der Waals surface area contributed by atoms with Crippen LogP contribution in [0.4, 0.5) is 5.69 Å². The largest absolute Gasteiger partial charge is 0.490 e. The lowest BCUT2D eigenvalue weighted by Crippen LogP contribution is -2.12. The second-order valence-electron chi connectivity index (χ2n) is 5.90. The van der Waals surface area contributed by atoms with Crippen LogP contribution in [0.5, 0.6) is 11.5 Å². The molecule has 0 fully saturated rings. The number of hydrogen-bond acceptors (Lipinski definition) is 5. The molecule has 2 aromatic heterocycles. The number of aromatic nitrogens is 4. The van der Waals surface area contributed by atoms with E-state index < -0.39 is 0 Å². The molecule has 8 heteroatoms. The van der Waals surface area contributed by atoms with Gasteiger partial charge < -0.3 is 14.8 Å². The molecular formula is C19H23N5O3. The fourth-order valence-electron chi connectivity index (χ4n) is 2.63. The van der Waals surface area contributed by atoms with Crippen molar-refractivity contribution in [3.05, 3.63) is 54.1 Å². The van der Waals surface area contributed by atoms with Gasteiger partial charge in [0.25, 0.3) is 5.91 Å². The number of rotatable bonds is 8. The average Bonchev–Trinajstić information content (AvgIpc) is 3.26. The van der Waals surface area contributed by atoms with Crippen LogP contribution >= 0.6 is 0 Å². The van der Waals surface area contributed by atoms with Crippen molar-refractivity contribution >= 4 is 11.6 Å². The SMILES string of the molecule is CCOc1ccc(Cn2cc(NC(=O)c3ccn(C)n3)cn2)cc1OCC. The Morgan fingerprint density at radius 3 is 2.63 bits per heavy atom. The number of anilines is 1. The molecule has 2 heterocycles. The molecular weight excluding hydrogens is 346 g/mol. The van der Waals surface area contributed by atoms with E-state index in [0.717, 1.165) is 11.3 Å². The van der Waals surface area contributed by atoms with Crippen molar-refractivity contribution in [1.29, 1.82) is 0 Å². The first-order chi connectivity index (χ1) is 13.1. The highest BCUT2D eigenvalue weighted by molar-refractivity contribution is 6.02. The molecule has 0 aliphatic carbocycles. The monoisotopic (exact) mass is 369 g/mol. The van der Waals surface area contributed by atoms with Gasteiger partial charge in [0.2, 0.25) is 0 Å². The van der Waals surface area contributed by atoms with Gasteiger partial charge >= 0.3 is 0 Å². The molecule has 0 saturated heterocycles. The summed E-state index contributed by atoms with van der Waals surface area (Å²) in [6.45, 7) is 5.57. The summed E-state index contributed by atoms with van der Waals surface area (Å²) in [5.74, 6) is 1.18. The minimum Gasteiger partial charge on any atom is -0.490 e. The lowest BCUT2D eigenvalue weighted by molar-refractivity contribution is 0.102. The standard InChI is InChI=1S/C19H23N5O3/c1-4-26-17-7-6-14(10-18(17)27-5-2)12-24-13-15(11-20-24)21-19(25)16-8-9-23(3)22-16/h6-11,13H,4-5,12H2,1-3H3,(H,21,25). The fourth-order valence-corrected chi connectivity index (χ4v) is 2.63. The van der Waals surface area contributed by atoms with E-state index in [-0.39, 0.29) is 5.91 Å². The summed E-state index contributed by atoms with van der Waals surface area (Å²) >= 11 is 0. The molecule has 3 rings (SSSR count). The summed E-state index contributed by atoms with van der Waals surface area (Å²) in [6, 6.07) is 7.48. The van der Waals surface area contributed by atoms with Gasteiger partial charge in [0, 0.05) is 19.4 Å². The number of nitrogens with zero attached hydrogens (tertiary/aromatic N) is 4. The Balaban J connectivity index is 1.68. The van der Waals surface area contributed by atoms with Crippen LogP contribution in [-0.4, -0.2) is 38.7 Å². The van der Waals surface area contributed by atoms with E-state index in [1.54, 1.807) is 41.1 Å². The van der Waals surface area contributed by atoms with Crippen LogP contribution in [0.2, 0.25) is 0 Å². The van der Waals surface area contributed by atoms with Crippen LogP contribution < -0.4 is 14.8 Å². The molecule has 8 nitrogen and oxygen atoms in total. The molecule has 27 heavy (non-hydrogen) atoms. The lowest BCUT2D eigenvalue weighted by atomic mass is 10.2.